The molecule has 2 aromatic carbocycles. The average Bonchev–Trinajstić information content (AvgIpc) is 3.88. The largest absolute Gasteiger partial charge is 0.230 e. The highest BCUT2D eigenvalue weighted by atomic mass is 35.5. The van der Waals surface area contributed by atoms with Crippen LogP contribution in [0.25, 0.3) is 44.2 Å². The summed E-state index contributed by atoms with van der Waals surface area (Å²) < 4.78 is 35.1. The summed E-state index contributed by atoms with van der Waals surface area (Å²) in [4.78, 5) is 4.55. The van der Waals surface area contributed by atoms with Crippen LogP contribution in [-0.2, 0) is 12.8 Å². The third-order valence-electron chi connectivity index (χ3n) is 9.03. The standard InChI is InChI=1S/C38H28Cl4F2N4S2/c1-19-13-21-15-25-33(45-47(35(25)37(21)49-19)31-11-9-23(39)17-27(31)41)29(43)7-5-3-4-6-8-30(44)34-26-16-22-14-20(2)50-38(22)36(26)48(46-34)32-12-10-24(40)18-28(32)42/h7-14,17-18H,3-6,15-16H2,1-2H3. The molecule has 50 heavy (non-hydrogen) atoms. The van der Waals surface area contributed by atoms with Crippen LogP contribution in [0.4, 0.5) is 8.78 Å². The van der Waals surface area contributed by atoms with E-state index in [-0.39, 0.29) is 11.7 Å². The molecule has 0 spiro atoms. The van der Waals surface area contributed by atoms with Crippen molar-refractivity contribution in [2.75, 3.05) is 0 Å². The second-order valence-electron chi connectivity index (χ2n) is 12.5. The van der Waals surface area contributed by atoms with Crippen molar-refractivity contribution in [2.45, 2.75) is 52.4 Å². The third-order valence-corrected chi connectivity index (χ3v) is 12.3. The molecule has 6 aromatic rings. The van der Waals surface area contributed by atoms with Crippen molar-refractivity contribution in [3.63, 3.8) is 0 Å². The van der Waals surface area contributed by atoms with Gasteiger partial charge in [0.1, 0.15) is 23.0 Å². The number of nitrogens with zero attached hydrogens (tertiary/aromatic N) is 4. The number of unbranched alkanes of at least 4 members (excludes halogenated alkanes) is 3. The number of hydrogen-bond acceptors (Lipinski definition) is 4. The second kappa shape index (κ2) is 13.4. The lowest BCUT2D eigenvalue weighted by atomic mass is 10.1. The molecule has 4 aromatic heterocycles. The number of fused-ring (bicyclic) bond motifs is 6. The second-order valence-corrected chi connectivity index (χ2v) is 16.7. The molecule has 0 saturated carbocycles. The summed E-state index contributed by atoms with van der Waals surface area (Å²) in [7, 11) is 0. The van der Waals surface area contributed by atoms with E-state index in [2.05, 4.69) is 26.0 Å². The number of hydrogen-bond donors (Lipinski definition) is 0. The zero-order valence-electron chi connectivity index (χ0n) is 26.9. The van der Waals surface area contributed by atoms with Gasteiger partial charge in [0.2, 0.25) is 0 Å². The highest BCUT2D eigenvalue weighted by Crippen LogP contribution is 2.48. The quantitative estimate of drug-likeness (QED) is 0.137. The van der Waals surface area contributed by atoms with Gasteiger partial charge in [0.15, 0.2) is 0 Å². The van der Waals surface area contributed by atoms with E-state index >= 15 is 8.78 Å². The van der Waals surface area contributed by atoms with E-state index < -0.39 is 0 Å². The zero-order chi connectivity index (χ0) is 34.8. The fourth-order valence-corrected chi connectivity index (χ4v) is 10.0. The van der Waals surface area contributed by atoms with E-state index in [1.807, 2.05) is 0 Å². The van der Waals surface area contributed by atoms with Crippen molar-refractivity contribution in [1.29, 1.82) is 0 Å². The van der Waals surface area contributed by atoms with Crippen molar-refractivity contribution in [3.05, 3.63) is 124 Å². The minimum Gasteiger partial charge on any atom is -0.230 e. The molecule has 4 nitrogen and oxygen atoms in total. The van der Waals surface area contributed by atoms with E-state index in [1.54, 1.807) is 80.6 Å². The highest BCUT2D eigenvalue weighted by molar-refractivity contribution is 7.16. The molecule has 12 heteroatoms. The maximum atomic E-state index is 15.8. The molecule has 0 aliphatic heterocycles. The summed E-state index contributed by atoms with van der Waals surface area (Å²) >= 11 is 28.8. The van der Waals surface area contributed by atoms with Crippen molar-refractivity contribution in [1.82, 2.24) is 19.6 Å². The average molecular weight is 785 g/mol. The molecular weight excluding hydrogens is 756 g/mol. The van der Waals surface area contributed by atoms with Gasteiger partial charge in [-0.25, -0.2) is 18.1 Å². The van der Waals surface area contributed by atoms with E-state index in [9.17, 15) is 0 Å². The fourth-order valence-electron chi connectivity index (χ4n) is 6.86. The summed E-state index contributed by atoms with van der Waals surface area (Å²) in [6, 6.07) is 14.8. The van der Waals surface area contributed by atoms with Gasteiger partial charge < -0.3 is 0 Å². The predicted octanol–water partition coefficient (Wildman–Crippen LogP) is 13.4. The molecule has 0 fully saturated rings. The molecule has 4 heterocycles. The number of aromatic nitrogens is 4. The Morgan fingerprint density at radius 1 is 0.680 bits per heavy atom. The van der Waals surface area contributed by atoms with Crippen molar-refractivity contribution in [2.24, 2.45) is 0 Å². The van der Waals surface area contributed by atoms with Gasteiger partial charge in [0.05, 0.1) is 42.6 Å². The van der Waals surface area contributed by atoms with E-state index in [0.717, 1.165) is 32.3 Å². The Balaban J connectivity index is 0.990. The van der Waals surface area contributed by atoms with Gasteiger partial charge in [0.25, 0.3) is 0 Å². The smallest absolute Gasteiger partial charge is 0.147 e. The lowest BCUT2D eigenvalue weighted by Gasteiger charge is -2.08. The van der Waals surface area contributed by atoms with Crippen LogP contribution in [0.5, 0.6) is 0 Å². The predicted molar refractivity (Wildman–Crippen MR) is 206 cm³/mol. The minimum absolute atomic E-state index is 0.326. The van der Waals surface area contributed by atoms with Crippen LogP contribution in [0.15, 0.2) is 60.7 Å². The maximum absolute atomic E-state index is 15.8. The molecule has 0 N–H and O–H groups in total. The molecule has 0 atom stereocenters. The number of aryl methyl sites for hydroxylation is 2. The molecule has 254 valence electrons. The summed E-state index contributed by atoms with van der Waals surface area (Å²) in [5.74, 6) is -0.744. The lowest BCUT2D eigenvalue weighted by Crippen LogP contribution is -2.00. The van der Waals surface area contributed by atoms with Crippen LogP contribution in [0.3, 0.4) is 0 Å². The summed E-state index contributed by atoms with van der Waals surface area (Å²) in [6.07, 6.45) is 6.72. The van der Waals surface area contributed by atoms with E-state index in [4.69, 9.17) is 56.6 Å². The Hall–Kier alpha value is -3.24. The van der Waals surface area contributed by atoms with Gasteiger partial charge in [0, 0.05) is 43.8 Å². The number of halogens is 6. The Morgan fingerprint density at radius 3 is 1.50 bits per heavy atom. The molecule has 2 aliphatic rings. The Kier molecular flexibility index (Phi) is 9.07. The van der Waals surface area contributed by atoms with E-state index in [1.165, 1.54) is 20.9 Å². The fraction of sp³-hybridized carbons (Fsp3) is 0.211. The molecule has 0 saturated heterocycles. The van der Waals surface area contributed by atoms with Crippen LogP contribution in [-0.4, -0.2) is 19.6 Å². The molecule has 0 unspecified atom stereocenters. The lowest BCUT2D eigenvalue weighted by molar-refractivity contribution is 0.707. The van der Waals surface area contributed by atoms with Crippen LogP contribution < -0.4 is 0 Å². The molecule has 2 aliphatic carbocycles. The maximum Gasteiger partial charge on any atom is 0.147 e. The number of benzene rings is 2. The number of thiophene rings is 2. The summed E-state index contributed by atoms with van der Waals surface area (Å²) in [6.45, 7) is 4.13. The molecule has 0 radical (unpaired) electrons. The van der Waals surface area contributed by atoms with Gasteiger partial charge in [-0.3, -0.25) is 0 Å². The Bertz CT molecular complexity index is 2230. The highest BCUT2D eigenvalue weighted by Gasteiger charge is 2.33. The summed E-state index contributed by atoms with van der Waals surface area (Å²) in [5.41, 5.74) is 7.74. The third kappa shape index (κ3) is 5.98. The Labute approximate surface area is 316 Å². The van der Waals surface area contributed by atoms with Crippen molar-refractivity contribution >= 4 is 80.7 Å². The molecule has 0 bridgehead atoms. The van der Waals surface area contributed by atoms with Crippen molar-refractivity contribution < 1.29 is 8.78 Å². The van der Waals surface area contributed by atoms with Gasteiger partial charge in [-0.2, -0.15) is 10.2 Å². The molecule has 8 rings (SSSR count). The SMILES string of the molecule is Cc1cc2c(s1)-c1c(c(C(F)=CCCCCC=C(F)c3nn(-c4ccc(Cl)cc4Cl)c4c3Cc3cc(C)sc3-4)nn1-c1ccc(Cl)cc1Cl)C2. The Morgan fingerprint density at radius 2 is 1.10 bits per heavy atom. The number of allylic oxidation sites excluding steroid dienone is 2. The van der Waals surface area contributed by atoms with Crippen LogP contribution >= 0.6 is 69.1 Å². The zero-order valence-corrected chi connectivity index (χ0v) is 31.5. The first-order valence-electron chi connectivity index (χ1n) is 16.1. The van der Waals surface area contributed by atoms with Gasteiger partial charge in [-0.15, -0.1) is 22.7 Å². The molecule has 0 amide bonds. The normalized spacial score (nSPS) is 13.6. The first-order valence-corrected chi connectivity index (χ1v) is 19.3. The topological polar surface area (TPSA) is 35.6 Å². The minimum atomic E-state index is -0.372. The first kappa shape index (κ1) is 33.9. The monoisotopic (exact) mass is 782 g/mol. The van der Waals surface area contributed by atoms with E-state index in [0.29, 0.717) is 81.4 Å². The van der Waals surface area contributed by atoms with Crippen LogP contribution in [0, 0.1) is 13.8 Å². The van der Waals surface area contributed by atoms with Gasteiger partial charge >= 0.3 is 0 Å². The van der Waals surface area contributed by atoms with Crippen LogP contribution in [0.2, 0.25) is 20.1 Å². The summed E-state index contributed by atoms with van der Waals surface area (Å²) in [5, 5.41) is 11.4. The van der Waals surface area contributed by atoms with Crippen molar-refractivity contribution in [3.8, 4) is 32.5 Å². The van der Waals surface area contributed by atoms with Gasteiger partial charge in [-0.1, -0.05) is 46.4 Å². The molecular formula is C38H28Cl4F2N4S2. The number of rotatable bonds is 9. The van der Waals surface area contributed by atoms with Gasteiger partial charge in [-0.05, 0) is 111 Å². The first-order chi connectivity index (χ1) is 24.1. The van der Waals surface area contributed by atoms with Crippen LogP contribution in [0.1, 0.15) is 69.1 Å².